The van der Waals surface area contributed by atoms with Gasteiger partial charge in [0.25, 0.3) is 0 Å². The van der Waals surface area contributed by atoms with Crippen molar-refractivity contribution < 1.29 is 0 Å². The molecule has 0 saturated heterocycles. The molecule has 0 aromatic carbocycles. The Morgan fingerprint density at radius 1 is 1.83 bits per heavy atom. The van der Waals surface area contributed by atoms with E-state index in [1.54, 1.807) is 6.08 Å². The summed E-state index contributed by atoms with van der Waals surface area (Å²) in [4.78, 5) is 2.14. The second kappa shape index (κ2) is 5.09. The van der Waals surface area contributed by atoms with Crippen molar-refractivity contribution in [1.29, 1.82) is 0 Å². The Hall–Kier alpha value is 0.0896. The zero-order chi connectivity index (χ0) is 4.83. The number of hydrogen-bond donors (Lipinski definition) is 0. The Kier molecular flexibility index (Phi) is 5.17. The van der Waals surface area contributed by atoms with Crippen LogP contribution in [-0.2, 0) is 0 Å². The number of rotatable bonds is 0. The molecule has 0 aliphatic rings. The summed E-state index contributed by atoms with van der Waals surface area (Å²) in [6, 6.07) is 0. The SMILES string of the molecule is C=CC#C[Te]C. The van der Waals surface area contributed by atoms with Crippen molar-refractivity contribution in [3.8, 4) is 9.89 Å². The summed E-state index contributed by atoms with van der Waals surface area (Å²) in [5.41, 5.74) is 0. The van der Waals surface area contributed by atoms with Gasteiger partial charge >= 0.3 is 48.4 Å². The molecular formula is C5H6Te. The fraction of sp³-hybridized carbons (Fsp3) is 0.200. The van der Waals surface area contributed by atoms with Crippen LogP contribution in [0.4, 0.5) is 0 Å². The normalized spacial score (nSPS) is 5.50. The molecule has 0 radical (unpaired) electrons. The molecule has 0 unspecified atom stereocenters. The van der Waals surface area contributed by atoms with Crippen LogP contribution < -0.4 is 0 Å². The summed E-state index contributed by atoms with van der Waals surface area (Å²) in [5, 5.41) is 0. The Morgan fingerprint density at radius 3 is 2.67 bits per heavy atom. The standard InChI is InChI=1S/C5H6Te/c1-3-4-5-6-2/h3H,1H2,2H3. The van der Waals surface area contributed by atoms with Crippen LogP contribution in [0.25, 0.3) is 0 Å². The van der Waals surface area contributed by atoms with Crippen LogP contribution in [0.15, 0.2) is 12.7 Å². The van der Waals surface area contributed by atoms with Gasteiger partial charge in [0, 0.05) is 0 Å². The van der Waals surface area contributed by atoms with Gasteiger partial charge in [-0.3, -0.25) is 0 Å². The van der Waals surface area contributed by atoms with Gasteiger partial charge in [-0.1, -0.05) is 0 Å². The minimum absolute atomic E-state index is 0.0316. The second-order valence-corrected chi connectivity index (χ2v) is 2.40. The summed E-state index contributed by atoms with van der Waals surface area (Å²) < 4.78 is 2.96. The van der Waals surface area contributed by atoms with Crippen LogP contribution in [0.5, 0.6) is 0 Å². The van der Waals surface area contributed by atoms with E-state index in [-0.39, 0.29) is 20.9 Å². The van der Waals surface area contributed by atoms with E-state index >= 15 is 0 Å². The van der Waals surface area contributed by atoms with E-state index in [0.29, 0.717) is 0 Å². The van der Waals surface area contributed by atoms with Crippen LogP contribution in [0, 0.1) is 9.89 Å². The molecule has 1 heteroatoms. The molecule has 0 spiro atoms. The Balaban J connectivity index is 3.13. The van der Waals surface area contributed by atoms with Gasteiger partial charge in [-0.15, -0.1) is 0 Å². The second-order valence-electron chi connectivity index (χ2n) is 0.655. The average Bonchev–Trinajstić information content (AvgIpc) is 1.61. The molecule has 0 bridgehead atoms. The molecule has 32 valence electrons. The average molecular weight is 194 g/mol. The van der Waals surface area contributed by atoms with Gasteiger partial charge in [-0.05, 0) is 0 Å². The molecule has 0 aromatic heterocycles. The van der Waals surface area contributed by atoms with E-state index in [9.17, 15) is 0 Å². The van der Waals surface area contributed by atoms with Crippen molar-refractivity contribution in [1.82, 2.24) is 0 Å². The molecule has 0 rings (SSSR count). The summed E-state index contributed by atoms with van der Waals surface area (Å²) in [6.45, 7) is 3.45. The van der Waals surface area contributed by atoms with Crippen LogP contribution >= 0.6 is 0 Å². The van der Waals surface area contributed by atoms with Crippen molar-refractivity contribution in [2.45, 2.75) is 4.97 Å². The first kappa shape index (κ1) is 6.09. The first-order valence-corrected chi connectivity index (χ1v) is 5.05. The third-order valence-corrected chi connectivity index (χ3v) is 1.18. The molecule has 0 atom stereocenters. The maximum absolute atomic E-state index is 3.45. The summed E-state index contributed by atoms with van der Waals surface area (Å²) in [6.07, 6.45) is 1.63. The van der Waals surface area contributed by atoms with Gasteiger partial charge in [0.2, 0.25) is 0 Å². The third-order valence-electron chi connectivity index (χ3n) is 0.263. The van der Waals surface area contributed by atoms with Gasteiger partial charge in [0.15, 0.2) is 0 Å². The zero-order valence-corrected chi connectivity index (χ0v) is 6.02. The molecule has 0 saturated carbocycles. The van der Waals surface area contributed by atoms with Gasteiger partial charge in [-0.2, -0.15) is 0 Å². The van der Waals surface area contributed by atoms with E-state index in [1.807, 2.05) is 0 Å². The van der Waals surface area contributed by atoms with Crippen molar-refractivity contribution in [2.24, 2.45) is 0 Å². The molecule has 0 N–H and O–H groups in total. The van der Waals surface area contributed by atoms with Crippen molar-refractivity contribution in [3.05, 3.63) is 12.7 Å². The van der Waals surface area contributed by atoms with Gasteiger partial charge in [0.05, 0.1) is 0 Å². The van der Waals surface area contributed by atoms with E-state index in [2.05, 4.69) is 21.4 Å². The molecular weight excluding hydrogens is 188 g/mol. The van der Waals surface area contributed by atoms with Gasteiger partial charge in [-0.25, -0.2) is 0 Å². The molecule has 0 nitrogen and oxygen atoms in total. The Labute approximate surface area is 48.7 Å². The quantitative estimate of drug-likeness (QED) is 0.396. The predicted octanol–water partition coefficient (Wildman–Crippen LogP) is 0.886. The van der Waals surface area contributed by atoms with E-state index in [0.717, 1.165) is 0 Å². The fourth-order valence-corrected chi connectivity index (χ4v) is 0.675. The minimum atomic E-state index is 0.0316. The van der Waals surface area contributed by atoms with Gasteiger partial charge < -0.3 is 0 Å². The van der Waals surface area contributed by atoms with Crippen LogP contribution in [-0.4, -0.2) is 20.9 Å². The molecule has 0 heterocycles. The predicted molar refractivity (Wildman–Crippen MR) is 29.6 cm³/mol. The monoisotopic (exact) mass is 196 g/mol. The van der Waals surface area contributed by atoms with E-state index < -0.39 is 0 Å². The first-order chi connectivity index (χ1) is 2.91. The Bertz CT molecular complexity index is 83.8. The van der Waals surface area contributed by atoms with E-state index in [1.165, 1.54) is 0 Å². The van der Waals surface area contributed by atoms with Gasteiger partial charge in [0.1, 0.15) is 0 Å². The first-order valence-electron chi connectivity index (χ1n) is 1.56. The number of hydrogen-bond acceptors (Lipinski definition) is 0. The van der Waals surface area contributed by atoms with Crippen molar-refractivity contribution in [3.63, 3.8) is 0 Å². The van der Waals surface area contributed by atoms with Crippen LogP contribution in [0.2, 0.25) is 4.97 Å². The van der Waals surface area contributed by atoms with Crippen LogP contribution in [0.3, 0.4) is 0 Å². The fourth-order valence-electron chi connectivity index (χ4n) is 0.101. The zero-order valence-electron chi connectivity index (χ0n) is 3.69. The topological polar surface area (TPSA) is 0 Å². The van der Waals surface area contributed by atoms with Crippen molar-refractivity contribution >= 4 is 20.9 Å². The molecule has 6 heavy (non-hydrogen) atoms. The molecule has 0 aromatic rings. The van der Waals surface area contributed by atoms with E-state index in [4.69, 9.17) is 0 Å². The van der Waals surface area contributed by atoms with Crippen LogP contribution in [0.1, 0.15) is 0 Å². The molecule has 0 aliphatic heterocycles. The summed E-state index contributed by atoms with van der Waals surface area (Å²) in [7, 11) is 0. The molecule has 0 amide bonds. The maximum atomic E-state index is 3.45. The molecule has 0 fully saturated rings. The molecule has 0 aliphatic carbocycles. The third kappa shape index (κ3) is 4.09. The number of allylic oxidation sites excluding steroid dienone is 1. The van der Waals surface area contributed by atoms with Crippen molar-refractivity contribution in [2.75, 3.05) is 0 Å². The summed E-state index contributed by atoms with van der Waals surface area (Å²) >= 11 is 0.0316. The Morgan fingerprint density at radius 2 is 2.50 bits per heavy atom. The summed E-state index contributed by atoms with van der Waals surface area (Å²) in [5.74, 6) is 2.77.